The van der Waals surface area contributed by atoms with Crippen LogP contribution in [-0.2, 0) is 6.54 Å². The molecule has 0 atom stereocenters. The predicted molar refractivity (Wildman–Crippen MR) is 83.3 cm³/mol. The van der Waals surface area contributed by atoms with E-state index in [2.05, 4.69) is 32.8 Å². The summed E-state index contributed by atoms with van der Waals surface area (Å²) < 4.78 is 0. The molecule has 3 rings (SSSR count). The second kappa shape index (κ2) is 6.50. The summed E-state index contributed by atoms with van der Waals surface area (Å²) in [5.74, 6) is 0.497. The monoisotopic (exact) mass is 302 g/mol. The molecule has 0 aliphatic carbocycles. The Morgan fingerprint density at radius 1 is 1.19 bits per heavy atom. The SMILES string of the molecule is Cc1ncccc1CN1CCC(c2ccnc(Cl)n2)CC1. The Hall–Kier alpha value is -1.52. The molecule has 5 heteroatoms. The molecular weight excluding hydrogens is 284 g/mol. The van der Waals surface area contributed by atoms with Crippen LogP contribution in [-0.4, -0.2) is 32.9 Å². The van der Waals surface area contributed by atoms with Crippen LogP contribution in [0.1, 0.15) is 35.7 Å². The van der Waals surface area contributed by atoms with Gasteiger partial charge in [-0.25, -0.2) is 9.97 Å². The van der Waals surface area contributed by atoms with E-state index in [9.17, 15) is 0 Å². The maximum absolute atomic E-state index is 5.88. The summed E-state index contributed by atoms with van der Waals surface area (Å²) in [7, 11) is 0. The molecule has 1 saturated heterocycles. The van der Waals surface area contributed by atoms with Crippen LogP contribution in [0, 0.1) is 6.92 Å². The number of nitrogens with zero attached hydrogens (tertiary/aromatic N) is 4. The fraction of sp³-hybridized carbons (Fsp3) is 0.438. The molecule has 110 valence electrons. The van der Waals surface area contributed by atoms with Crippen molar-refractivity contribution >= 4 is 11.6 Å². The molecular formula is C16H19ClN4. The highest BCUT2D eigenvalue weighted by atomic mass is 35.5. The van der Waals surface area contributed by atoms with E-state index in [1.165, 1.54) is 5.56 Å². The number of pyridine rings is 1. The quantitative estimate of drug-likeness (QED) is 0.817. The van der Waals surface area contributed by atoms with E-state index >= 15 is 0 Å². The van der Waals surface area contributed by atoms with Crippen molar-refractivity contribution in [1.29, 1.82) is 0 Å². The predicted octanol–water partition coefficient (Wildman–Crippen LogP) is 3.21. The van der Waals surface area contributed by atoms with Crippen molar-refractivity contribution in [3.8, 4) is 0 Å². The highest BCUT2D eigenvalue weighted by molar-refractivity contribution is 6.28. The van der Waals surface area contributed by atoms with Gasteiger partial charge >= 0.3 is 0 Å². The average Bonchev–Trinajstić information content (AvgIpc) is 2.50. The lowest BCUT2D eigenvalue weighted by molar-refractivity contribution is 0.202. The molecule has 0 aromatic carbocycles. The standard InChI is InChI=1S/C16H19ClN4/c1-12-14(3-2-7-18-12)11-21-9-5-13(6-10-21)15-4-8-19-16(17)20-15/h2-4,7-8,13H,5-6,9-11H2,1H3. The van der Waals surface area contributed by atoms with Crippen molar-refractivity contribution in [2.75, 3.05) is 13.1 Å². The van der Waals surface area contributed by atoms with Crippen LogP contribution in [0.15, 0.2) is 30.6 Å². The third-order valence-corrected chi connectivity index (χ3v) is 4.35. The third kappa shape index (κ3) is 3.57. The van der Waals surface area contributed by atoms with Crippen molar-refractivity contribution in [2.45, 2.75) is 32.2 Å². The lowest BCUT2D eigenvalue weighted by Crippen LogP contribution is -2.33. The Labute approximate surface area is 130 Å². The first kappa shape index (κ1) is 14.4. The summed E-state index contributed by atoms with van der Waals surface area (Å²) in [6.07, 6.45) is 5.83. The largest absolute Gasteiger partial charge is 0.299 e. The fourth-order valence-electron chi connectivity index (χ4n) is 2.89. The van der Waals surface area contributed by atoms with Gasteiger partial charge in [-0.1, -0.05) is 6.07 Å². The van der Waals surface area contributed by atoms with Crippen molar-refractivity contribution in [1.82, 2.24) is 19.9 Å². The zero-order valence-corrected chi connectivity index (χ0v) is 12.9. The van der Waals surface area contributed by atoms with Gasteiger partial charge in [0.15, 0.2) is 0 Å². The molecule has 4 nitrogen and oxygen atoms in total. The molecule has 2 aromatic rings. The summed E-state index contributed by atoms with van der Waals surface area (Å²) in [4.78, 5) is 15.1. The number of likely N-dealkylation sites (tertiary alicyclic amines) is 1. The Balaban J connectivity index is 1.59. The molecule has 0 bridgehead atoms. The summed E-state index contributed by atoms with van der Waals surface area (Å²) in [6, 6.07) is 6.16. The molecule has 21 heavy (non-hydrogen) atoms. The highest BCUT2D eigenvalue weighted by Gasteiger charge is 2.22. The first-order chi connectivity index (χ1) is 10.2. The first-order valence-electron chi connectivity index (χ1n) is 7.33. The lowest BCUT2D eigenvalue weighted by Gasteiger charge is -2.31. The summed E-state index contributed by atoms with van der Waals surface area (Å²) in [5, 5.41) is 0.348. The molecule has 0 unspecified atom stereocenters. The molecule has 0 amide bonds. The highest BCUT2D eigenvalue weighted by Crippen LogP contribution is 2.27. The van der Waals surface area contributed by atoms with E-state index < -0.39 is 0 Å². The minimum atomic E-state index is 0.348. The normalized spacial score (nSPS) is 17.0. The van der Waals surface area contributed by atoms with Gasteiger partial charge in [-0.2, -0.15) is 0 Å². The van der Waals surface area contributed by atoms with Gasteiger partial charge in [-0.3, -0.25) is 9.88 Å². The van der Waals surface area contributed by atoms with Crippen LogP contribution in [0.2, 0.25) is 5.28 Å². The van der Waals surface area contributed by atoms with Gasteiger partial charge in [0.05, 0.1) is 0 Å². The van der Waals surface area contributed by atoms with Gasteiger partial charge < -0.3 is 0 Å². The number of aromatic nitrogens is 3. The molecule has 3 heterocycles. The summed E-state index contributed by atoms with van der Waals surface area (Å²) >= 11 is 5.88. The van der Waals surface area contributed by atoms with E-state index in [0.29, 0.717) is 11.2 Å². The topological polar surface area (TPSA) is 41.9 Å². The van der Waals surface area contributed by atoms with Crippen LogP contribution >= 0.6 is 11.6 Å². The van der Waals surface area contributed by atoms with Crippen molar-refractivity contribution < 1.29 is 0 Å². The molecule has 0 radical (unpaired) electrons. The molecule has 0 spiro atoms. The Morgan fingerprint density at radius 3 is 2.71 bits per heavy atom. The Morgan fingerprint density at radius 2 is 2.00 bits per heavy atom. The maximum atomic E-state index is 5.88. The number of hydrogen-bond donors (Lipinski definition) is 0. The average molecular weight is 303 g/mol. The number of rotatable bonds is 3. The fourth-order valence-corrected chi connectivity index (χ4v) is 3.04. The lowest BCUT2D eigenvalue weighted by atomic mass is 9.93. The van der Waals surface area contributed by atoms with Crippen LogP contribution in [0.3, 0.4) is 0 Å². The van der Waals surface area contributed by atoms with Gasteiger partial charge in [0.1, 0.15) is 0 Å². The Kier molecular flexibility index (Phi) is 4.46. The van der Waals surface area contributed by atoms with Crippen molar-refractivity contribution in [2.24, 2.45) is 0 Å². The minimum Gasteiger partial charge on any atom is -0.299 e. The number of halogens is 1. The molecule has 0 N–H and O–H groups in total. The Bertz CT molecular complexity index is 609. The zero-order valence-electron chi connectivity index (χ0n) is 12.2. The minimum absolute atomic E-state index is 0.348. The molecule has 0 saturated carbocycles. The van der Waals surface area contributed by atoms with E-state index in [1.807, 2.05) is 18.3 Å². The van der Waals surface area contributed by atoms with E-state index in [4.69, 9.17) is 11.6 Å². The summed E-state index contributed by atoms with van der Waals surface area (Å²) in [5.41, 5.74) is 3.52. The number of hydrogen-bond acceptors (Lipinski definition) is 4. The van der Waals surface area contributed by atoms with Crippen LogP contribution < -0.4 is 0 Å². The van der Waals surface area contributed by atoms with E-state index in [0.717, 1.165) is 43.9 Å². The van der Waals surface area contributed by atoms with Crippen molar-refractivity contribution in [3.63, 3.8) is 0 Å². The number of piperidine rings is 1. The zero-order chi connectivity index (χ0) is 14.7. The van der Waals surface area contributed by atoms with Gasteiger partial charge in [0.25, 0.3) is 0 Å². The van der Waals surface area contributed by atoms with Crippen LogP contribution in [0.5, 0.6) is 0 Å². The van der Waals surface area contributed by atoms with Crippen LogP contribution in [0.25, 0.3) is 0 Å². The van der Waals surface area contributed by atoms with Gasteiger partial charge in [-0.05, 0) is 62.2 Å². The van der Waals surface area contributed by atoms with E-state index in [1.54, 1.807) is 6.20 Å². The first-order valence-corrected chi connectivity index (χ1v) is 7.71. The third-order valence-electron chi connectivity index (χ3n) is 4.16. The van der Waals surface area contributed by atoms with Crippen molar-refractivity contribution in [3.05, 3.63) is 52.8 Å². The van der Waals surface area contributed by atoms with E-state index in [-0.39, 0.29) is 0 Å². The number of aryl methyl sites for hydroxylation is 1. The smallest absolute Gasteiger partial charge is 0.222 e. The van der Waals surface area contributed by atoms with Gasteiger partial charge in [0, 0.05) is 36.2 Å². The van der Waals surface area contributed by atoms with Gasteiger partial charge in [-0.15, -0.1) is 0 Å². The molecule has 1 aliphatic rings. The summed E-state index contributed by atoms with van der Waals surface area (Å²) in [6.45, 7) is 5.23. The molecule has 1 aliphatic heterocycles. The van der Waals surface area contributed by atoms with Gasteiger partial charge in [0.2, 0.25) is 5.28 Å². The van der Waals surface area contributed by atoms with Crippen LogP contribution in [0.4, 0.5) is 0 Å². The molecule has 1 fully saturated rings. The second-order valence-electron chi connectivity index (χ2n) is 5.55. The maximum Gasteiger partial charge on any atom is 0.222 e. The second-order valence-corrected chi connectivity index (χ2v) is 5.89. The molecule has 2 aromatic heterocycles.